The van der Waals surface area contributed by atoms with Crippen molar-refractivity contribution >= 4 is 39.5 Å². The molecule has 0 fully saturated rings. The molecule has 85 heavy (non-hydrogen) atoms. The molecule has 0 aromatic rings. The van der Waals surface area contributed by atoms with Crippen LogP contribution < -0.4 is 0 Å². The molecule has 504 valence electrons. The van der Waals surface area contributed by atoms with Gasteiger partial charge in [-0.2, -0.15) is 0 Å². The van der Waals surface area contributed by atoms with E-state index >= 15 is 0 Å². The molecule has 0 aliphatic carbocycles. The summed E-state index contributed by atoms with van der Waals surface area (Å²) in [7, 11) is -9.89. The van der Waals surface area contributed by atoms with Gasteiger partial charge in [0.2, 0.25) is 0 Å². The van der Waals surface area contributed by atoms with E-state index in [2.05, 4.69) is 41.5 Å². The van der Waals surface area contributed by atoms with Crippen molar-refractivity contribution in [1.29, 1.82) is 0 Å². The summed E-state index contributed by atoms with van der Waals surface area (Å²) in [6.07, 6.45) is 41.9. The smallest absolute Gasteiger partial charge is 0.462 e. The number of ether oxygens (including phenoxy) is 4. The molecule has 0 aliphatic heterocycles. The summed E-state index contributed by atoms with van der Waals surface area (Å²) < 4.78 is 68.0. The van der Waals surface area contributed by atoms with Gasteiger partial charge >= 0.3 is 39.5 Å². The Morgan fingerprint density at radius 3 is 0.800 bits per heavy atom. The van der Waals surface area contributed by atoms with Gasteiger partial charge in [-0.25, -0.2) is 9.13 Å². The van der Waals surface area contributed by atoms with Gasteiger partial charge in [-0.1, -0.05) is 279 Å². The maximum atomic E-state index is 13.0. The molecule has 3 N–H and O–H groups in total. The second-order valence-electron chi connectivity index (χ2n) is 24.8. The number of esters is 4. The summed E-state index contributed by atoms with van der Waals surface area (Å²) in [6.45, 7) is 9.39. The van der Waals surface area contributed by atoms with Gasteiger partial charge in [0.05, 0.1) is 26.4 Å². The number of aliphatic hydroxyl groups excluding tert-OH is 1. The zero-order valence-corrected chi connectivity index (χ0v) is 56.7. The molecule has 0 aromatic heterocycles. The fraction of sp³-hybridized carbons (Fsp3) is 0.939. The molecule has 0 aromatic carbocycles. The van der Waals surface area contributed by atoms with Crippen molar-refractivity contribution in [3.63, 3.8) is 0 Å². The van der Waals surface area contributed by atoms with Gasteiger partial charge < -0.3 is 33.8 Å². The number of hydrogen-bond donors (Lipinski definition) is 3. The van der Waals surface area contributed by atoms with Crippen LogP contribution in [0.25, 0.3) is 0 Å². The van der Waals surface area contributed by atoms with Gasteiger partial charge in [0.25, 0.3) is 0 Å². The van der Waals surface area contributed by atoms with E-state index < -0.39 is 97.5 Å². The topological polar surface area (TPSA) is 237 Å². The quantitative estimate of drug-likeness (QED) is 0.0222. The lowest BCUT2D eigenvalue weighted by Gasteiger charge is -2.21. The highest BCUT2D eigenvalue weighted by Crippen LogP contribution is 2.45. The van der Waals surface area contributed by atoms with Crippen LogP contribution >= 0.6 is 15.6 Å². The van der Waals surface area contributed by atoms with Gasteiger partial charge in [-0.3, -0.25) is 37.3 Å². The van der Waals surface area contributed by atoms with Crippen LogP contribution in [0.15, 0.2) is 0 Å². The van der Waals surface area contributed by atoms with Crippen LogP contribution in [0.3, 0.4) is 0 Å². The first-order chi connectivity index (χ1) is 40.9. The molecule has 0 radical (unpaired) electrons. The molecule has 0 amide bonds. The summed E-state index contributed by atoms with van der Waals surface area (Å²) in [4.78, 5) is 72.2. The van der Waals surface area contributed by atoms with Crippen LogP contribution in [0, 0.1) is 11.8 Å². The molecule has 0 heterocycles. The van der Waals surface area contributed by atoms with E-state index in [1.54, 1.807) is 0 Å². The van der Waals surface area contributed by atoms with Gasteiger partial charge in [-0.05, 0) is 37.5 Å². The molecule has 0 saturated carbocycles. The maximum Gasteiger partial charge on any atom is 0.472 e. The molecule has 0 saturated heterocycles. The van der Waals surface area contributed by atoms with Crippen molar-refractivity contribution in [3.8, 4) is 0 Å². The number of unbranched alkanes of at least 4 members (excludes halogenated alkanes) is 35. The summed E-state index contributed by atoms with van der Waals surface area (Å²) in [5.41, 5.74) is 0. The zero-order valence-electron chi connectivity index (χ0n) is 54.9. The highest BCUT2D eigenvalue weighted by atomic mass is 31.2. The van der Waals surface area contributed by atoms with E-state index in [9.17, 15) is 43.2 Å². The average Bonchev–Trinajstić information content (AvgIpc) is 3.57. The summed E-state index contributed by atoms with van der Waals surface area (Å²) in [5.74, 6) is -0.696. The third-order valence-electron chi connectivity index (χ3n) is 15.2. The number of carbonyl (C=O) groups is 4. The Kier molecular flexibility index (Phi) is 57.1. The van der Waals surface area contributed by atoms with Crippen molar-refractivity contribution in [2.45, 2.75) is 349 Å². The lowest BCUT2D eigenvalue weighted by Crippen LogP contribution is -2.30. The van der Waals surface area contributed by atoms with E-state index in [4.69, 9.17) is 37.0 Å². The minimum Gasteiger partial charge on any atom is -0.462 e. The molecule has 0 aliphatic rings. The standard InChI is InChI=1S/C66H128O17P2/c1-7-9-11-13-15-16-17-18-19-20-21-22-25-32-38-44-50-65(70)82-62(55-77-64(69)49-43-37-31-26-23-24-29-34-40-46-58(3)4)57-81-85(74,75)79-53-60(67)52-78-84(72,73)80-56-61(54-76-63(68)48-42-36-28-14-12-10-8-2)83-66(71)51-45-39-33-27-30-35-41-47-59(5)6/h58-62,67H,7-57H2,1-6H3,(H,72,73)(H,74,75)/t60-,61+,62+/m0/s1. The number of aliphatic hydroxyl groups is 1. The SMILES string of the molecule is CCCCCCCCCCCCCCCCCCC(=O)O[C@H](COC(=O)CCCCCCCCCCCC(C)C)COP(=O)(O)OC[C@@H](O)COP(=O)(O)OC[C@@H](COC(=O)CCCCCCCCC)OC(=O)CCCCCCCCCC(C)C. The van der Waals surface area contributed by atoms with Gasteiger partial charge in [-0.15, -0.1) is 0 Å². The minimum atomic E-state index is -4.95. The van der Waals surface area contributed by atoms with E-state index in [1.807, 2.05) is 0 Å². The van der Waals surface area contributed by atoms with E-state index in [1.165, 1.54) is 135 Å². The third-order valence-corrected chi connectivity index (χ3v) is 17.1. The van der Waals surface area contributed by atoms with Crippen molar-refractivity contribution in [2.75, 3.05) is 39.6 Å². The average molecular weight is 1260 g/mol. The molecule has 0 bridgehead atoms. The second-order valence-corrected chi connectivity index (χ2v) is 27.7. The Morgan fingerprint density at radius 2 is 0.541 bits per heavy atom. The van der Waals surface area contributed by atoms with E-state index in [-0.39, 0.29) is 25.7 Å². The number of hydrogen-bond acceptors (Lipinski definition) is 15. The van der Waals surface area contributed by atoms with Crippen LogP contribution in [0.2, 0.25) is 0 Å². The van der Waals surface area contributed by atoms with Crippen LogP contribution in [0.4, 0.5) is 0 Å². The largest absolute Gasteiger partial charge is 0.472 e. The summed E-state index contributed by atoms with van der Waals surface area (Å²) in [5, 5.41) is 10.5. The fourth-order valence-electron chi connectivity index (χ4n) is 9.88. The predicted molar refractivity (Wildman–Crippen MR) is 340 cm³/mol. The molecular weight excluding hydrogens is 1130 g/mol. The zero-order chi connectivity index (χ0) is 62.9. The van der Waals surface area contributed by atoms with Gasteiger partial charge in [0.1, 0.15) is 19.3 Å². The lowest BCUT2D eigenvalue weighted by molar-refractivity contribution is -0.161. The number of rotatable bonds is 65. The summed E-state index contributed by atoms with van der Waals surface area (Å²) in [6, 6.07) is 0. The van der Waals surface area contributed by atoms with Crippen molar-refractivity contribution in [3.05, 3.63) is 0 Å². The Balaban J connectivity index is 5.20. The second kappa shape index (κ2) is 58.4. The highest BCUT2D eigenvalue weighted by Gasteiger charge is 2.30. The fourth-order valence-corrected chi connectivity index (χ4v) is 11.5. The first-order valence-corrected chi connectivity index (χ1v) is 37.5. The molecule has 19 heteroatoms. The van der Waals surface area contributed by atoms with Crippen molar-refractivity contribution in [2.24, 2.45) is 11.8 Å². The Labute approximate surface area is 517 Å². The number of phosphoric ester groups is 2. The van der Waals surface area contributed by atoms with Crippen LogP contribution in [-0.2, 0) is 65.4 Å². The monoisotopic (exact) mass is 1250 g/mol. The Bertz CT molecular complexity index is 1670. The first-order valence-electron chi connectivity index (χ1n) is 34.5. The molecule has 0 rings (SSSR count). The van der Waals surface area contributed by atoms with Crippen molar-refractivity contribution in [1.82, 2.24) is 0 Å². The molecular formula is C66H128O17P2. The number of phosphoric acid groups is 2. The van der Waals surface area contributed by atoms with E-state index in [0.717, 1.165) is 109 Å². The molecule has 0 spiro atoms. The minimum absolute atomic E-state index is 0.103. The Hall–Kier alpha value is -1.94. The molecule has 2 unspecified atom stereocenters. The summed E-state index contributed by atoms with van der Waals surface area (Å²) >= 11 is 0. The highest BCUT2D eigenvalue weighted by molar-refractivity contribution is 7.47. The maximum absolute atomic E-state index is 13.0. The van der Waals surface area contributed by atoms with Crippen LogP contribution in [-0.4, -0.2) is 96.7 Å². The van der Waals surface area contributed by atoms with Gasteiger partial charge in [0.15, 0.2) is 12.2 Å². The van der Waals surface area contributed by atoms with Gasteiger partial charge in [0, 0.05) is 25.7 Å². The van der Waals surface area contributed by atoms with Crippen molar-refractivity contribution < 1.29 is 80.2 Å². The van der Waals surface area contributed by atoms with Crippen LogP contribution in [0.5, 0.6) is 0 Å². The third kappa shape index (κ3) is 60.7. The lowest BCUT2D eigenvalue weighted by atomic mass is 10.0. The number of carbonyl (C=O) groups excluding carboxylic acids is 4. The predicted octanol–water partition coefficient (Wildman–Crippen LogP) is 18.4. The van der Waals surface area contributed by atoms with Crippen LogP contribution in [0.1, 0.15) is 330 Å². The van der Waals surface area contributed by atoms with E-state index in [0.29, 0.717) is 31.6 Å². The Morgan fingerprint density at radius 1 is 0.318 bits per heavy atom. The first kappa shape index (κ1) is 83.1. The molecule has 17 nitrogen and oxygen atoms in total. The molecule has 5 atom stereocenters. The normalized spacial score (nSPS) is 14.2.